The largest absolute Gasteiger partial charge is 0.489 e. The second-order valence-electron chi connectivity index (χ2n) is 5.58. The highest BCUT2D eigenvalue weighted by atomic mass is 32.2. The maximum Gasteiger partial charge on any atom is 0.331 e. The number of pyridine rings is 1. The zero-order valence-corrected chi connectivity index (χ0v) is 15.5. The van der Waals surface area contributed by atoms with Gasteiger partial charge in [-0.3, -0.25) is 9.98 Å². The third-order valence-corrected chi connectivity index (χ3v) is 6.00. The highest BCUT2D eigenvalue weighted by molar-refractivity contribution is 8.15. The standard InChI is InChI=1S/C18H15N3O3S2/c1-23-18(22)14-10-25-16(21-14)17-20-13-5-4-12(7-15(13)26-17)24-9-11-3-2-6-19-8-11/h2-8,14H,9-10H2,1H3. The number of thioether (sulfide) groups is 1. The summed E-state index contributed by atoms with van der Waals surface area (Å²) in [5, 5.41) is 1.61. The lowest BCUT2D eigenvalue weighted by Crippen LogP contribution is -2.19. The normalized spacial score (nSPS) is 16.5. The van der Waals surface area contributed by atoms with Gasteiger partial charge in [0, 0.05) is 23.7 Å². The number of thiazole rings is 1. The molecule has 0 saturated carbocycles. The van der Waals surface area contributed by atoms with Gasteiger partial charge in [-0.05, 0) is 24.3 Å². The van der Waals surface area contributed by atoms with Crippen LogP contribution in [0.2, 0.25) is 0 Å². The molecular weight excluding hydrogens is 370 g/mol. The summed E-state index contributed by atoms with van der Waals surface area (Å²) in [5.41, 5.74) is 1.91. The van der Waals surface area contributed by atoms with E-state index < -0.39 is 6.04 Å². The van der Waals surface area contributed by atoms with Gasteiger partial charge in [-0.25, -0.2) is 9.78 Å². The number of aromatic nitrogens is 2. The van der Waals surface area contributed by atoms with Crippen LogP contribution in [0.25, 0.3) is 10.2 Å². The Hall–Kier alpha value is -2.45. The van der Waals surface area contributed by atoms with Crippen LogP contribution in [0.1, 0.15) is 10.6 Å². The topological polar surface area (TPSA) is 73.7 Å². The minimum Gasteiger partial charge on any atom is -0.489 e. The van der Waals surface area contributed by atoms with Crippen LogP contribution in [0.15, 0.2) is 47.7 Å². The van der Waals surface area contributed by atoms with Gasteiger partial charge < -0.3 is 9.47 Å². The van der Waals surface area contributed by atoms with Crippen molar-refractivity contribution < 1.29 is 14.3 Å². The number of carbonyl (C=O) groups excluding carboxylic acids is 1. The van der Waals surface area contributed by atoms with Crippen molar-refractivity contribution in [1.82, 2.24) is 9.97 Å². The first-order valence-corrected chi connectivity index (χ1v) is 9.74. The summed E-state index contributed by atoms with van der Waals surface area (Å²) in [7, 11) is 1.38. The van der Waals surface area contributed by atoms with Gasteiger partial charge in [0.15, 0.2) is 6.04 Å². The van der Waals surface area contributed by atoms with E-state index in [1.165, 1.54) is 18.9 Å². The van der Waals surface area contributed by atoms with E-state index in [2.05, 4.69) is 15.0 Å². The SMILES string of the molecule is COC(=O)C1CSC(c2nc3ccc(OCc4cccnc4)cc3s2)=N1. The average Bonchev–Trinajstić information content (AvgIpc) is 3.33. The molecule has 0 fully saturated rings. The van der Waals surface area contributed by atoms with E-state index in [1.807, 2.05) is 30.3 Å². The Balaban J connectivity index is 1.52. The Morgan fingerprint density at radius 3 is 3.08 bits per heavy atom. The lowest BCUT2D eigenvalue weighted by atomic mass is 10.3. The van der Waals surface area contributed by atoms with Crippen LogP contribution in [0.4, 0.5) is 0 Å². The number of nitrogens with zero attached hydrogens (tertiary/aromatic N) is 3. The summed E-state index contributed by atoms with van der Waals surface area (Å²) in [4.78, 5) is 24.8. The fraction of sp³-hybridized carbons (Fsp3) is 0.222. The number of ether oxygens (including phenoxy) is 2. The Bertz CT molecular complexity index is 972. The van der Waals surface area contributed by atoms with Gasteiger partial charge in [0.05, 0.1) is 17.3 Å². The fourth-order valence-corrected chi connectivity index (χ4v) is 4.57. The monoisotopic (exact) mass is 385 g/mol. The maximum atomic E-state index is 11.6. The van der Waals surface area contributed by atoms with Gasteiger partial charge in [0.25, 0.3) is 0 Å². The van der Waals surface area contributed by atoms with Crippen molar-refractivity contribution in [2.75, 3.05) is 12.9 Å². The molecule has 6 nitrogen and oxygen atoms in total. The summed E-state index contributed by atoms with van der Waals surface area (Å²) >= 11 is 3.08. The zero-order chi connectivity index (χ0) is 17.9. The van der Waals surface area contributed by atoms with E-state index in [1.54, 1.807) is 23.7 Å². The number of carbonyl (C=O) groups is 1. The third-order valence-electron chi connectivity index (χ3n) is 3.80. The van der Waals surface area contributed by atoms with E-state index >= 15 is 0 Å². The molecule has 0 amide bonds. The van der Waals surface area contributed by atoms with Crippen LogP contribution in [0, 0.1) is 0 Å². The Morgan fingerprint density at radius 1 is 1.35 bits per heavy atom. The predicted octanol–water partition coefficient (Wildman–Crippen LogP) is 3.31. The maximum absolute atomic E-state index is 11.6. The first kappa shape index (κ1) is 17.0. The van der Waals surface area contributed by atoms with Crippen molar-refractivity contribution in [2.45, 2.75) is 12.6 Å². The predicted molar refractivity (Wildman–Crippen MR) is 103 cm³/mol. The molecule has 26 heavy (non-hydrogen) atoms. The molecule has 4 rings (SSSR count). The van der Waals surface area contributed by atoms with Crippen LogP contribution in [0.5, 0.6) is 5.75 Å². The zero-order valence-electron chi connectivity index (χ0n) is 13.9. The molecule has 0 radical (unpaired) electrons. The number of fused-ring (bicyclic) bond motifs is 1. The molecular formula is C18H15N3O3S2. The van der Waals surface area contributed by atoms with Gasteiger partial charge in [-0.1, -0.05) is 6.07 Å². The first-order valence-electron chi connectivity index (χ1n) is 7.94. The lowest BCUT2D eigenvalue weighted by Gasteiger charge is -2.05. The molecule has 3 heterocycles. The van der Waals surface area contributed by atoms with Crippen molar-refractivity contribution in [3.05, 3.63) is 53.3 Å². The summed E-state index contributed by atoms with van der Waals surface area (Å²) in [6.07, 6.45) is 3.53. The molecule has 0 bridgehead atoms. The van der Waals surface area contributed by atoms with E-state index in [9.17, 15) is 4.79 Å². The highest BCUT2D eigenvalue weighted by Gasteiger charge is 2.27. The van der Waals surface area contributed by atoms with Crippen molar-refractivity contribution >= 4 is 44.3 Å². The average molecular weight is 385 g/mol. The van der Waals surface area contributed by atoms with Crippen molar-refractivity contribution in [2.24, 2.45) is 4.99 Å². The summed E-state index contributed by atoms with van der Waals surface area (Å²) in [5.74, 6) is 1.07. The number of hydrogen-bond acceptors (Lipinski definition) is 8. The third kappa shape index (κ3) is 3.56. The van der Waals surface area contributed by atoms with E-state index in [-0.39, 0.29) is 5.97 Å². The van der Waals surface area contributed by atoms with Gasteiger partial charge in [0.1, 0.15) is 22.4 Å². The van der Waals surface area contributed by atoms with Crippen LogP contribution < -0.4 is 4.74 Å². The minimum atomic E-state index is -0.439. The molecule has 1 aromatic carbocycles. The van der Waals surface area contributed by atoms with Gasteiger partial charge in [-0.15, -0.1) is 23.1 Å². The summed E-state index contributed by atoms with van der Waals surface area (Å²) < 4.78 is 11.6. The molecule has 132 valence electrons. The van der Waals surface area contributed by atoms with E-state index in [0.29, 0.717) is 12.4 Å². The Kier molecular flexibility index (Phi) is 4.85. The van der Waals surface area contributed by atoms with Gasteiger partial charge in [0.2, 0.25) is 0 Å². The smallest absolute Gasteiger partial charge is 0.331 e. The van der Waals surface area contributed by atoms with Crippen molar-refractivity contribution in [3.63, 3.8) is 0 Å². The van der Waals surface area contributed by atoms with E-state index in [4.69, 9.17) is 9.47 Å². The number of rotatable bonds is 5. The quantitative estimate of drug-likeness (QED) is 0.628. The van der Waals surface area contributed by atoms with Crippen molar-refractivity contribution in [3.8, 4) is 5.75 Å². The number of methoxy groups -OCH3 is 1. The molecule has 1 aliphatic heterocycles. The number of esters is 1. The number of benzene rings is 1. The van der Waals surface area contributed by atoms with Crippen LogP contribution in [-0.2, 0) is 16.1 Å². The van der Waals surface area contributed by atoms with Crippen molar-refractivity contribution in [1.29, 1.82) is 0 Å². The molecule has 1 aliphatic rings. The highest BCUT2D eigenvalue weighted by Crippen LogP contribution is 2.32. The lowest BCUT2D eigenvalue weighted by molar-refractivity contribution is -0.141. The second kappa shape index (κ2) is 7.43. The molecule has 2 aromatic heterocycles. The molecule has 8 heteroatoms. The molecule has 1 atom stereocenters. The van der Waals surface area contributed by atoms with Gasteiger partial charge >= 0.3 is 5.97 Å². The van der Waals surface area contributed by atoms with Crippen LogP contribution in [0.3, 0.4) is 0 Å². The van der Waals surface area contributed by atoms with Crippen LogP contribution in [-0.4, -0.2) is 39.9 Å². The molecule has 3 aromatic rings. The molecule has 1 unspecified atom stereocenters. The Labute approximate surface area is 158 Å². The molecule has 0 aliphatic carbocycles. The summed E-state index contributed by atoms with van der Waals surface area (Å²) in [6, 6.07) is 9.24. The molecule has 0 saturated heterocycles. The van der Waals surface area contributed by atoms with Crippen LogP contribution >= 0.6 is 23.1 Å². The number of hydrogen-bond donors (Lipinski definition) is 0. The number of aliphatic imine (C=N–C) groups is 1. The molecule has 0 spiro atoms. The fourth-order valence-electron chi connectivity index (χ4n) is 2.48. The summed E-state index contributed by atoms with van der Waals surface area (Å²) in [6.45, 7) is 0.467. The minimum absolute atomic E-state index is 0.306. The second-order valence-corrected chi connectivity index (χ2v) is 7.62. The first-order chi connectivity index (χ1) is 12.7. The molecule has 0 N–H and O–H groups in total. The van der Waals surface area contributed by atoms with E-state index in [0.717, 1.165) is 31.6 Å². The Morgan fingerprint density at radius 2 is 2.27 bits per heavy atom. The van der Waals surface area contributed by atoms with Gasteiger partial charge in [-0.2, -0.15) is 0 Å².